The molecule has 12 heteroatoms. The summed E-state index contributed by atoms with van der Waals surface area (Å²) >= 11 is 6.43. The number of pyridine rings is 2. The fourth-order valence-electron chi connectivity index (χ4n) is 7.33. The van der Waals surface area contributed by atoms with E-state index in [9.17, 15) is 23.5 Å². The van der Waals surface area contributed by atoms with Crippen LogP contribution in [0.5, 0.6) is 0 Å². The molecule has 4 aromatic rings. The number of fused-ring (bicyclic) bond motifs is 8. The van der Waals surface area contributed by atoms with E-state index in [4.69, 9.17) is 4.74 Å². The van der Waals surface area contributed by atoms with Crippen LogP contribution in [-0.4, -0.2) is 60.3 Å². The number of rotatable bonds is 1. The Labute approximate surface area is 262 Å². The van der Waals surface area contributed by atoms with Gasteiger partial charge in [0.05, 0.1) is 66.8 Å². The lowest BCUT2D eigenvalue weighted by Crippen LogP contribution is -2.51. The smallest absolute Gasteiger partial charge is 0.237 e. The third-order valence-corrected chi connectivity index (χ3v) is 10.8. The molecule has 8 rings (SSSR count). The second kappa shape index (κ2) is 9.72. The van der Waals surface area contributed by atoms with Crippen molar-refractivity contribution in [2.75, 3.05) is 31.0 Å². The van der Waals surface area contributed by atoms with Crippen molar-refractivity contribution in [1.29, 1.82) is 0 Å². The number of ether oxygens (including phenoxy) is 1. The van der Waals surface area contributed by atoms with Crippen LogP contribution in [0.25, 0.3) is 21.8 Å². The van der Waals surface area contributed by atoms with E-state index < -0.39 is 16.9 Å². The van der Waals surface area contributed by atoms with Crippen LogP contribution in [0.3, 0.4) is 0 Å². The number of amides is 2. The normalized spacial score (nSPS) is 27.0. The lowest BCUT2D eigenvalue weighted by molar-refractivity contribution is -0.132. The van der Waals surface area contributed by atoms with Gasteiger partial charge >= 0.3 is 0 Å². The largest absolute Gasteiger partial charge is 0.393 e. The lowest BCUT2D eigenvalue weighted by atomic mass is 9.62. The summed E-state index contributed by atoms with van der Waals surface area (Å²) < 4.78 is 33.6. The number of aliphatic hydroxyl groups excluding tert-OH is 1. The second-order valence-corrected chi connectivity index (χ2v) is 13.5. The van der Waals surface area contributed by atoms with Gasteiger partial charge in [-0.15, -0.1) is 0 Å². The molecule has 1 N–H and O–H groups in total. The highest BCUT2D eigenvalue weighted by Gasteiger charge is 2.59. The number of nitrogens with zero attached hydrogens (tertiary/aromatic N) is 4. The Hall–Kier alpha value is -3.06. The number of aliphatic hydroxyl groups is 1. The minimum Gasteiger partial charge on any atom is -0.393 e. The first-order chi connectivity index (χ1) is 20.4. The molecule has 2 aromatic heterocycles. The highest BCUT2D eigenvalue weighted by molar-refractivity contribution is 9.10. The number of halogens is 4. The van der Waals surface area contributed by atoms with Crippen LogP contribution < -0.4 is 9.80 Å². The number of carbonyl (C=O) groups is 2. The van der Waals surface area contributed by atoms with Crippen LogP contribution >= 0.6 is 31.9 Å². The van der Waals surface area contributed by atoms with Crippen molar-refractivity contribution in [1.82, 2.24) is 9.97 Å². The van der Waals surface area contributed by atoms with Crippen LogP contribution in [0.4, 0.5) is 20.2 Å². The molecule has 2 amide bonds. The van der Waals surface area contributed by atoms with Crippen LogP contribution in [0.2, 0.25) is 0 Å². The van der Waals surface area contributed by atoms with Gasteiger partial charge in [0.25, 0.3) is 0 Å². The summed E-state index contributed by atoms with van der Waals surface area (Å²) in [4.78, 5) is 37.2. The first kappa shape index (κ1) is 28.7. The number of benzene rings is 2. The number of carbonyl (C=O) groups excluding carboxylic acids is 2. The Morgan fingerprint density at radius 2 is 1.23 bits per heavy atom. The first-order valence-corrected chi connectivity index (χ1v) is 15.3. The molecule has 0 unspecified atom stereocenters. The maximum Gasteiger partial charge on any atom is 0.237 e. The van der Waals surface area contributed by atoms with Crippen LogP contribution in [0.15, 0.2) is 45.6 Å². The predicted octanol–water partition coefficient (Wildman–Crippen LogP) is 5.66. The fraction of sp³-hybridized carbons (Fsp3) is 0.355. The molecule has 2 aromatic carbocycles. The van der Waals surface area contributed by atoms with Gasteiger partial charge in [0.2, 0.25) is 11.8 Å². The zero-order chi connectivity index (χ0) is 30.6. The molecule has 43 heavy (non-hydrogen) atoms. The van der Waals surface area contributed by atoms with E-state index >= 15 is 0 Å². The average molecular weight is 716 g/mol. The van der Waals surface area contributed by atoms with Gasteiger partial charge in [-0.2, -0.15) is 0 Å². The summed E-state index contributed by atoms with van der Waals surface area (Å²) in [6.45, 7) is 0. The molecule has 2 aliphatic carbocycles. The van der Waals surface area contributed by atoms with Gasteiger partial charge in [-0.1, -0.05) is 0 Å². The molecule has 0 bridgehead atoms. The van der Waals surface area contributed by atoms with E-state index in [1.807, 2.05) is 0 Å². The highest BCUT2D eigenvalue weighted by atomic mass is 79.9. The third kappa shape index (κ3) is 3.89. The number of aromatic nitrogens is 2. The van der Waals surface area contributed by atoms with E-state index in [2.05, 4.69) is 41.8 Å². The molecule has 2 fully saturated rings. The Morgan fingerprint density at radius 1 is 0.814 bits per heavy atom. The molecule has 2 aliphatic heterocycles. The van der Waals surface area contributed by atoms with E-state index in [-0.39, 0.29) is 29.6 Å². The monoisotopic (exact) mass is 714 g/mol. The minimum atomic E-state index is -0.679. The van der Waals surface area contributed by atoms with Gasteiger partial charge < -0.3 is 19.6 Å². The molecule has 2 spiro atoms. The van der Waals surface area contributed by atoms with Crippen molar-refractivity contribution < 1.29 is 28.2 Å². The van der Waals surface area contributed by atoms with Crippen molar-refractivity contribution in [2.45, 2.75) is 48.7 Å². The van der Waals surface area contributed by atoms with E-state index in [0.29, 0.717) is 45.7 Å². The van der Waals surface area contributed by atoms with Gasteiger partial charge in [-0.3, -0.25) is 19.6 Å². The Kier molecular flexibility index (Phi) is 6.49. The topological polar surface area (TPSA) is 95.9 Å². The summed E-state index contributed by atoms with van der Waals surface area (Å²) in [7, 11) is 5.15. The summed E-state index contributed by atoms with van der Waals surface area (Å²) in [5.74, 6) is -0.673. The zero-order valence-corrected chi connectivity index (χ0v) is 26.6. The SMILES string of the molecule is CN1C(=O)C2(CC(O)C2)c2c1cnc1cc(F)c(Br)cc21.COC1CC2(C1)C(=O)N(C)c1cnc3cc(F)c(Br)cc3c12. The van der Waals surface area contributed by atoms with Crippen molar-refractivity contribution in [3.8, 4) is 0 Å². The van der Waals surface area contributed by atoms with Gasteiger partial charge in [0, 0.05) is 55.2 Å². The first-order valence-electron chi connectivity index (χ1n) is 13.8. The second-order valence-electron chi connectivity index (χ2n) is 11.8. The van der Waals surface area contributed by atoms with Crippen molar-refractivity contribution in [3.05, 3.63) is 68.4 Å². The van der Waals surface area contributed by atoms with Crippen molar-refractivity contribution >= 4 is 76.9 Å². The average Bonchev–Trinajstić information content (AvgIpc) is 3.30. The Balaban J connectivity index is 0.000000140. The number of methoxy groups -OCH3 is 1. The number of anilines is 2. The highest BCUT2D eigenvalue weighted by Crippen LogP contribution is 2.57. The molecule has 2 saturated carbocycles. The maximum absolute atomic E-state index is 13.8. The molecular formula is C31H26Br2F2N4O4. The number of hydrogen-bond donors (Lipinski definition) is 1. The Bertz CT molecular complexity index is 1890. The molecule has 0 atom stereocenters. The van der Waals surface area contributed by atoms with Crippen molar-refractivity contribution in [3.63, 3.8) is 0 Å². The lowest BCUT2D eigenvalue weighted by Gasteiger charge is -2.43. The predicted molar refractivity (Wildman–Crippen MR) is 164 cm³/mol. The third-order valence-electron chi connectivity index (χ3n) is 9.54. The van der Waals surface area contributed by atoms with Gasteiger partial charge in [-0.25, -0.2) is 8.78 Å². The van der Waals surface area contributed by atoms with Gasteiger partial charge in [0.1, 0.15) is 11.6 Å². The molecule has 8 nitrogen and oxygen atoms in total. The van der Waals surface area contributed by atoms with Crippen LogP contribution in [0.1, 0.15) is 36.8 Å². The summed E-state index contributed by atoms with van der Waals surface area (Å²) in [5.41, 5.74) is 3.25. The van der Waals surface area contributed by atoms with Crippen LogP contribution in [-0.2, 0) is 25.2 Å². The molecular weight excluding hydrogens is 690 g/mol. The summed E-state index contributed by atoms with van der Waals surface area (Å²) in [5, 5.41) is 11.3. The summed E-state index contributed by atoms with van der Waals surface area (Å²) in [6, 6.07) is 6.17. The fourth-order valence-corrected chi connectivity index (χ4v) is 8.02. The van der Waals surface area contributed by atoms with Gasteiger partial charge in [-0.05, 0) is 69.7 Å². The van der Waals surface area contributed by atoms with Crippen molar-refractivity contribution in [2.24, 2.45) is 0 Å². The van der Waals surface area contributed by atoms with E-state index in [1.165, 1.54) is 12.1 Å². The molecule has 4 heterocycles. The maximum atomic E-state index is 13.8. The molecule has 4 aliphatic rings. The number of hydrogen-bond acceptors (Lipinski definition) is 6. The van der Waals surface area contributed by atoms with E-state index in [1.54, 1.807) is 55.5 Å². The van der Waals surface area contributed by atoms with E-state index in [0.717, 1.165) is 33.3 Å². The zero-order valence-electron chi connectivity index (χ0n) is 23.4. The standard InChI is InChI=1S/C16H14BrFN2O2.C15H12BrFN2O2/c1-20-13-7-19-12-4-11(18)10(17)3-9(12)14(13)16(15(20)21)5-8(6-16)22-2;1-19-12-6-18-11-3-10(17)9(16)2-8(11)13(12)15(14(19)21)4-7(20)5-15/h3-4,7-8H,5-6H2,1-2H3;2-3,6-7,20H,4-5H2,1H3. The molecule has 222 valence electrons. The minimum absolute atomic E-state index is 0.0162. The number of likely N-dealkylation sites (N-methyl/N-ethyl adjacent to an activating group) is 2. The van der Waals surface area contributed by atoms with Gasteiger partial charge in [0.15, 0.2) is 0 Å². The Morgan fingerprint density at radius 3 is 1.63 bits per heavy atom. The molecule has 0 saturated heterocycles. The molecule has 0 radical (unpaired) electrons. The summed E-state index contributed by atoms with van der Waals surface area (Å²) in [6.07, 6.45) is 5.06. The van der Waals surface area contributed by atoms with Crippen LogP contribution in [0, 0.1) is 11.6 Å². The quantitative estimate of drug-likeness (QED) is 0.273.